The van der Waals surface area contributed by atoms with Gasteiger partial charge in [0.05, 0.1) is 18.3 Å². The minimum atomic E-state index is -1.32. The number of hydrogen-bond acceptors (Lipinski definition) is 4. The van der Waals surface area contributed by atoms with Gasteiger partial charge in [0, 0.05) is 10.9 Å². The molecule has 150 valence electrons. The number of benzene rings is 2. The summed E-state index contributed by atoms with van der Waals surface area (Å²) in [7, 11) is 0. The molecule has 0 bridgehead atoms. The van der Waals surface area contributed by atoms with E-state index in [4.69, 9.17) is 0 Å². The first-order valence-electron chi connectivity index (χ1n) is 9.60. The van der Waals surface area contributed by atoms with E-state index in [-0.39, 0.29) is 5.56 Å². The van der Waals surface area contributed by atoms with Gasteiger partial charge in [-0.1, -0.05) is 60.7 Å². The number of fused-ring (bicyclic) bond motifs is 1. The maximum absolute atomic E-state index is 13.3. The van der Waals surface area contributed by atoms with Crippen molar-refractivity contribution in [3.8, 4) is 5.75 Å². The maximum Gasteiger partial charge on any atom is 0.358 e. The summed E-state index contributed by atoms with van der Waals surface area (Å²) in [5.74, 6) is -1.75. The van der Waals surface area contributed by atoms with Gasteiger partial charge in [-0.15, -0.1) is 0 Å². The molecule has 2 heterocycles. The van der Waals surface area contributed by atoms with Crippen molar-refractivity contribution in [2.45, 2.75) is 19.4 Å². The van der Waals surface area contributed by atoms with Gasteiger partial charge in [-0.05, 0) is 30.0 Å². The van der Waals surface area contributed by atoms with Gasteiger partial charge < -0.3 is 14.8 Å². The number of carbonyl (C=O) groups is 1. The first-order chi connectivity index (χ1) is 14.5. The van der Waals surface area contributed by atoms with Crippen LogP contribution in [0.1, 0.15) is 27.2 Å². The Labute approximate surface area is 172 Å². The molecule has 0 spiro atoms. The van der Waals surface area contributed by atoms with Gasteiger partial charge in [0.1, 0.15) is 0 Å². The molecule has 0 amide bonds. The fourth-order valence-corrected chi connectivity index (χ4v) is 3.56. The Hall–Kier alpha value is -3.93. The van der Waals surface area contributed by atoms with Gasteiger partial charge >= 0.3 is 5.97 Å². The Balaban J connectivity index is 1.85. The monoisotopic (exact) mass is 400 g/mol. The molecule has 2 aromatic heterocycles. The van der Waals surface area contributed by atoms with E-state index in [0.717, 1.165) is 11.1 Å². The van der Waals surface area contributed by atoms with Crippen molar-refractivity contribution in [1.29, 1.82) is 0 Å². The quantitative estimate of drug-likeness (QED) is 0.516. The lowest BCUT2D eigenvalue weighted by molar-refractivity contribution is 0.0687. The second-order valence-corrected chi connectivity index (χ2v) is 7.09. The summed E-state index contributed by atoms with van der Waals surface area (Å²) >= 11 is 0. The Kier molecular flexibility index (Phi) is 5.30. The number of rotatable bonds is 6. The first kappa shape index (κ1) is 19.4. The van der Waals surface area contributed by atoms with Crippen molar-refractivity contribution < 1.29 is 15.0 Å². The molecule has 0 aliphatic carbocycles. The number of hydrogen-bond donors (Lipinski definition) is 2. The van der Waals surface area contributed by atoms with Crippen molar-refractivity contribution >= 4 is 16.9 Å². The van der Waals surface area contributed by atoms with Gasteiger partial charge in [-0.25, -0.2) is 9.78 Å². The van der Waals surface area contributed by atoms with Crippen molar-refractivity contribution in [2.24, 2.45) is 0 Å². The number of carboxylic acid groups (broad SMARTS) is 1. The fraction of sp³-hybridized carbons (Fsp3) is 0.125. The Morgan fingerprint density at radius 3 is 2.20 bits per heavy atom. The molecule has 0 aliphatic rings. The van der Waals surface area contributed by atoms with E-state index in [1.54, 1.807) is 10.6 Å². The second kappa shape index (κ2) is 8.21. The van der Waals surface area contributed by atoms with Crippen molar-refractivity contribution in [1.82, 2.24) is 9.55 Å². The van der Waals surface area contributed by atoms with E-state index >= 15 is 0 Å². The summed E-state index contributed by atoms with van der Waals surface area (Å²) in [6, 6.07) is 20.9. The summed E-state index contributed by atoms with van der Waals surface area (Å²) in [4.78, 5) is 28.6. The summed E-state index contributed by atoms with van der Waals surface area (Å²) in [5.41, 5.74) is 2.32. The average molecular weight is 400 g/mol. The molecule has 2 aromatic carbocycles. The van der Waals surface area contributed by atoms with Crippen LogP contribution in [0.25, 0.3) is 10.9 Å². The predicted octanol–water partition coefficient (Wildman–Crippen LogP) is 3.63. The van der Waals surface area contributed by atoms with Crippen molar-refractivity contribution in [3.63, 3.8) is 0 Å². The Morgan fingerprint density at radius 2 is 1.57 bits per heavy atom. The van der Waals surface area contributed by atoms with Gasteiger partial charge in [0.15, 0.2) is 11.4 Å². The molecule has 0 unspecified atom stereocenters. The third-order valence-electron chi connectivity index (χ3n) is 5.11. The second-order valence-electron chi connectivity index (χ2n) is 7.09. The van der Waals surface area contributed by atoms with Gasteiger partial charge in [0.25, 0.3) is 5.56 Å². The van der Waals surface area contributed by atoms with E-state index in [1.165, 1.54) is 6.20 Å². The van der Waals surface area contributed by atoms with Crippen LogP contribution < -0.4 is 5.56 Å². The zero-order chi connectivity index (χ0) is 21.1. The topological polar surface area (TPSA) is 92.4 Å². The normalized spacial score (nSPS) is 10.9. The Bertz CT molecular complexity index is 1270. The smallest absolute Gasteiger partial charge is 0.358 e. The van der Waals surface area contributed by atoms with E-state index < -0.39 is 17.4 Å². The van der Waals surface area contributed by atoms with E-state index in [0.29, 0.717) is 35.9 Å². The van der Waals surface area contributed by atoms with Crippen LogP contribution in [0.3, 0.4) is 0 Å². The van der Waals surface area contributed by atoms with Gasteiger partial charge in [-0.2, -0.15) is 0 Å². The minimum absolute atomic E-state index is 0.174. The molecule has 0 saturated heterocycles. The molecule has 0 aliphatic heterocycles. The molecule has 6 heteroatoms. The van der Waals surface area contributed by atoms with Gasteiger partial charge in [0.2, 0.25) is 0 Å². The summed E-state index contributed by atoms with van der Waals surface area (Å²) in [6.07, 6.45) is 2.46. The fourth-order valence-electron chi connectivity index (χ4n) is 3.56. The van der Waals surface area contributed by atoms with E-state index in [1.807, 2.05) is 60.7 Å². The van der Waals surface area contributed by atoms with Crippen LogP contribution in [0, 0.1) is 0 Å². The van der Waals surface area contributed by atoms with Crippen LogP contribution in [0.15, 0.2) is 77.7 Å². The highest BCUT2D eigenvalue weighted by molar-refractivity contribution is 5.97. The molecular formula is C24H20N2O4. The molecule has 0 atom stereocenters. The number of aromatic nitrogens is 2. The molecule has 6 nitrogen and oxygen atoms in total. The standard InChI is InChI=1S/C24H20N2O4/c27-22-19-13-18(12-11-16-7-3-1-4-8-16)23(28)26(15-17-9-5-2-6-10-17)20(19)14-25-21(22)24(29)30/h1-10,13-14,27H,11-12,15H2,(H,29,30). The lowest BCUT2D eigenvalue weighted by Crippen LogP contribution is -2.25. The van der Waals surface area contributed by atoms with Crippen LogP contribution in [0.5, 0.6) is 5.75 Å². The molecular weight excluding hydrogens is 380 g/mol. The van der Waals surface area contributed by atoms with Crippen LogP contribution in [-0.4, -0.2) is 25.7 Å². The molecule has 4 aromatic rings. The number of aromatic carboxylic acids is 1. The molecule has 4 rings (SSSR count). The van der Waals surface area contributed by atoms with Gasteiger partial charge in [-0.3, -0.25) is 4.79 Å². The maximum atomic E-state index is 13.3. The molecule has 0 fully saturated rings. The largest absolute Gasteiger partial charge is 0.505 e. The predicted molar refractivity (Wildman–Crippen MR) is 114 cm³/mol. The number of nitrogens with zero attached hydrogens (tertiary/aromatic N) is 2. The zero-order valence-corrected chi connectivity index (χ0v) is 16.2. The van der Waals surface area contributed by atoms with Crippen LogP contribution in [0.4, 0.5) is 0 Å². The van der Waals surface area contributed by atoms with Crippen molar-refractivity contribution in [2.75, 3.05) is 0 Å². The zero-order valence-electron chi connectivity index (χ0n) is 16.2. The number of aryl methyl sites for hydroxylation is 2. The van der Waals surface area contributed by atoms with Crippen molar-refractivity contribution in [3.05, 3.63) is 106 Å². The molecule has 2 N–H and O–H groups in total. The summed E-state index contributed by atoms with van der Waals surface area (Å²) in [5, 5.41) is 20.2. The van der Waals surface area contributed by atoms with E-state index in [9.17, 15) is 19.8 Å². The number of pyridine rings is 2. The SMILES string of the molecule is O=C(O)c1ncc2c(cc(CCc3ccccc3)c(=O)n2Cc2ccccc2)c1O. The highest BCUT2D eigenvalue weighted by Gasteiger charge is 2.19. The first-order valence-corrected chi connectivity index (χ1v) is 9.60. The average Bonchev–Trinajstić information content (AvgIpc) is 2.76. The highest BCUT2D eigenvalue weighted by atomic mass is 16.4. The highest BCUT2D eigenvalue weighted by Crippen LogP contribution is 2.27. The van der Waals surface area contributed by atoms with Crippen LogP contribution in [0.2, 0.25) is 0 Å². The molecule has 0 radical (unpaired) electrons. The third kappa shape index (κ3) is 3.80. The van der Waals surface area contributed by atoms with Crippen LogP contribution in [-0.2, 0) is 19.4 Å². The Morgan fingerprint density at radius 1 is 0.933 bits per heavy atom. The number of aromatic hydroxyl groups is 1. The summed E-state index contributed by atoms with van der Waals surface area (Å²) < 4.78 is 1.54. The van der Waals surface area contributed by atoms with Crippen LogP contribution >= 0.6 is 0 Å². The number of carboxylic acids is 1. The summed E-state index contributed by atoms with van der Waals surface area (Å²) in [6.45, 7) is 0.295. The minimum Gasteiger partial charge on any atom is -0.505 e. The molecule has 30 heavy (non-hydrogen) atoms. The third-order valence-corrected chi connectivity index (χ3v) is 5.11. The lowest BCUT2D eigenvalue weighted by atomic mass is 10.0. The molecule has 0 saturated carbocycles. The van der Waals surface area contributed by atoms with E-state index in [2.05, 4.69) is 4.98 Å². The lowest BCUT2D eigenvalue weighted by Gasteiger charge is -2.14.